The van der Waals surface area contributed by atoms with Crippen molar-refractivity contribution in [3.63, 3.8) is 0 Å². The number of carbonyl (C=O) groups is 1. The Bertz CT molecular complexity index is 627. The van der Waals surface area contributed by atoms with Crippen molar-refractivity contribution in [3.8, 4) is 0 Å². The lowest BCUT2D eigenvalue weighted by atomic mass is 9.85. The molecule has 1 amide bonds. The predicted octanol–water partition coefficient (Wildman–Crippen LogP) is 2.22. The van der Waals surface area contributed by atoms with Crippen LogP contribution in [0.5, 0.6) is 0 Å². The number of amides is 1. The number of aryl methyl sites for hydroxylation is 2. The molecule has 0 saturated heterocycles. The van der Waals surface area contributed by atoms with Gasteiger partial charge in [0, 0.05) is 31.0 Å². The molecule has 0 aliphatic heterocycles. The summed E-state index contributed by atoms with van der Waals surface area (Å²) in [6.45, 7) is 2.11. The van der Waals surface area contributed by atoms with Crippen molar-refractivity contribution in [1.29, 1.82) is 0 Å². The van der Waals surface area contributed by atoms with E-state index in [1.807, 2.05) is 24.7 Å². The average molecular weight is 307 g/mol. The van der Waals surface area contributed by atoms with Crippen LogP contribution in [0.15, 0.2) is 6.07 Å². The molecule has 2 unspecified atom stereocenters. The first kappa shape index (κ1) is 14.5. The van der Waals surface area contributed by atoms with Crippen molar-refractivity contribution < 1.29 is 9.90 Å². The molecule has 114 valence electrons. The van der Waals surface area contributed by atoms with Crippen LogP contribution in [0.4, 0.5) is 0 Å². The van der Waals surface area contributed by atoms with E-state index in [0.29, 0.717) is 0 Å². The lowest BCUT2D eigenvalue weighted by molar-refractivity contribution is 0.0876. The minimum absolute atomic E-state index is 0.0269. The fourth-order valence-corrected chi connectivity index (χ4v) is 4.20. The monoisotopic (exact) mass is 307 g/mol. The molecule has 1 aliphatic rings. The number of rotatable bonds is 3. The van der Waals surface area contributed by atoms with Crippen molar-refractivity contribution in [2.24, 2.45) is 13.0 Å². The van der Waals surface area contributed by atoms with E-state index in [9.17, 15) is 9.90 Å². The Labute approximate surface area is 128 Å². The van der Waals surface area contributed by atoms with Crippen molar-refractivity contribution in [3.05, 3.63) is 16.6 Å². The summed E-state index contributed by atoms with van der Waals surface area (Å²) >= 11 is 1.48. The van der Waals surface area contributed by atoms with Crippen molar-refractivity contribution in [2.75, 3.05) is 6.61 Å². The van der Waals surface area contributed by atoms with Gasteiger partial charge in [-0.2, -0.15) is 5.10 Å². The number of nitrogens with one attached hydrogen (secondary N) is 1. The number of fused-ring (bicyclic) bond motifs is 1. The van der Waals surface area contributed by atoms with Gasteiger partial charge in [-0.15, -0.1) is 11.3 Å². The summed E-state index contributed by atoms with van der Waals surface area (Å²) in [5.74, 6) is 0.168. The molecule has 2 aromatic heterocycles. The maximum Gasteiger partial charge on any atom is 0.261 e. The van der Waals surface area contributed by atoms with Crippen LogP contribution in [0.2, 0.25) is 0 Å². The summed E-state index contributed by atoms with van der Waals surface area (Å²) in [6, 6.07) is 2.02. The van der Waals surface area contributed by atoms with Crippen molar-refractivity contribution >= 4 is 27.5 Å². The van der Waals surface area contributed by atoms with E-state index in [2.05, 4.69) is 10.4 Å². The molecule has 0 spiro atoms. The lowest BCUT2D eigenvalue weighted by Gasteiger charge is -2.30. The minimum Gasteiger partial charge on any atom is -0.396 e. The highest BCUT2D eigenvalue weighted by molar-refractivity contribution is 7.20. The van der Waals surface area contributed by atoms with Crippen LogP contribution in [-0.4, -0.2) is 33.4 Å². The molecule has 3 rings (SSSR count). The van der Waals surface area contributed by atoms with Gasteiger partial charge in [0.2, 0.25) is 0 Å². The quantitative estimate of drug-likeness (QED) is 0.913. The normalized spacial score (nSPS) is 22.6. The van der Waals surface area contributed by atoms with Crippen LogP contribution in [-0.2, 0) is 7.05 Å². The van der Waals surface area contributed by atoms with Crippen LogP contribution in [0.25, 0.3) is 10.2 Å². The van der Waals surface area contributed by atoms with Crippen LogP contribution in [0.1, 0.15) is 41.0 Å². The topological polar surface area (TPSA) is 67.2 Å². The summed E-state index contributed by atoms with van der Waals surface area (Å²) in [7, 11) is 1.90. The molecule has 21 heavy (non-hydrogen) atoms. The third-order valence-electron chi connectivity index (χ3n) is 4.38. The van der Waals surface area contributed by atoms with Crippen LogP contribution < -0.4 is 5.32 Å². The second-order valence-electron chi connectivity index (χ2n) is 5.85. The van der Waals surface area contributed by atoms with Gasteiger partial charge in [-0.1, -0.05) is 12.8 Å². The average Bonchev–Trinajstić information content (AvgIpc) is 3.02. The highest BCUT2D eigenvalue weighted by Gasteiger charge is 2.27. The second-order valence-corrected chi connectivity index (χ2v) is 6.88. The first-order valence-electron chi connectivity index (χ1n) is 7.45. The zero-order valence-corrected chi connectivity index (χ0v) is 13.2. The van der Waals surface area contributed by atoms with E-state index in [1.54, 1.807) is 0 Å². The molecule has 2 N–H and O–H groups in total. The zero-order valence-electron chi connectivity index (χ0n) is 12.4. The van der Waals surface area contributed by atoms with E-state index in [1.165, 1.54) is 11.3 Å². The van der Waals surface area contributed by atoms with E-state index in [-0.39, 0.29) is 24.5 Å². The SMILES string of the molecule is Cc1nn(C)c2sc(C(=O)NC3CCCCC3CO)cc12. The Morgan fingerprint density at radius 2 is 2.29 bits per heavy atom. The first-order chi connectivity index (χ1) is 10.1. The summed E-state index contributed by atoms with van der Waals surface area (Å²) < 4.78 is 1.82. The minimum atomic E-state index is -0.0269. The van der Waals surface area contributed by atoms with E-state index in [4.69, 9.17) is 0 Å². The van der Waals surface area contributed by atoms with Gasteiger partial charge in [0.1, 0.15) is 4.83 Å². The molecule has 0 aromatic carbocycles. The highest BCUT2D eigenvalue weighted by Crippen LogP contribution is 2.29. The summed E-state index contributed by atoms with van der Waals surface area (Å²) in [5.41, 5.74) is 0.953. The fraction of sp³-hybridized carbons (Fsp3) is 0.600. The summed E-state index contributed by atoms with van der Waals surface area (Å²) in [6.07, 6.45) is 4.22. The molecule has 0 radical (unpaired) electrons. The van der Waals surface area contributed by atoms with Crippen molar-refractivity contribution in [1.82, 2.24) is 15.1 Å². The second kappa shape index (κ2) is 5.77. The Kier molecular flexibility index (Phi) is 3.99. The van der Waals surface area contributed by atoms with Crippen molar-refractivity contribution in [2.45, 2.75) is 38.6 Å². The molecule has 2 aromatic rings. The number of aliphatic hydroxyl groups is 1. The highest BCUT2D eigenvalue weighted by atomic mass is 32.1. The molecule has 1 fully saturated rings. The smallest absolute Gasteiger partial charge is 0.261 e. The van der Waals surface area contributed by atoms with Gasteiger partial charge in [-0.05, 0) is 25.8 Å². The van der Waals surface area contributed by atoms with Crippen LogP contribution in [0, 0.1) is 12.8 Å². The Hall–Kier alpha value is -1.40. The van der Waals surface area contributed by atoms with Gasteiger partial charge in [0.05, 0.1) is 10.6 Å². The maximum atomic E-state index is 12.5. The fourth-order valence-electron chi connectivity index (χ4n) is 3.17. The summed E-state index contributed by atoms with van der Waals surface area (Å²) in [4.78, 5) is 14.2. The van der Waals surface area contributed by atoms with Gasteiger partial charge in [0.25, 0.3) is 5.91 Å². The largest absolute Gasteiger partial charge is 0.396 e. The lowest BCUT2D eigenvalue weighted by Crippen LogP contribution is -2.43. The number of aliphatic hydroxyl groups excluding tert-OH is 1. The molecule has 5 nitrogen and oxygen atoms in total. The maximum absolute atomic E-state index is 12.5. The number of nitrogens with zero attached hydrogens (tertiary/aromatic N) is 2. The molecule has 1 saturated carbocycles. The van der Waals surface area contributed by atoms with Crippen LogP contribution >= 0.6 is 11.3 Å². The Morgan fingerprint density at radius 1 is 1.52 bits per heavy atom. The van der Waals surface area contributed by atoms with Gasteiger partial charge >= 0.3 is 0 Å². The van der Waals surface area contributed by atoms with E-state index < -0.39 is 0 Å². The number of thiophene rings is 1. The molecule has 2 atom stereocenters. The van der Waals surface area contributed by atoms with Gasteiger partial charge in [-0.3, -0.25) is 9.48 Å². The molecular formula is C15H21N3O2S. The molecule has 0 bridgehead atoms. The van der Waals surface area contributed by atoms with Crippen LogP contribution in [0.3, 0.4) is 0 Å². The Morgan fingerprint density at radius 3 is 3.00 bits per heavy atom. The van der Waals surface area contributed by atoms with Gasteiger partial charge < -0.3 is 10.4 Å². The number of hydrogen-bond acceptors (Lipinski definition) is 4. The standard InChI is InChI=1S/C15H21N3O2S/c1-9-11-7-13(21-15(11)18(2)17-9)14(20)16-12-6-4-3-5-10(12)8-19/h7,10,12,19H,3-6,8H2,1-2H3,(H,16,20). The summed E-state index contributed by atoms with van der Waals surface area (Å²) in [5, 5.41) is 18.0. The number of aromatic nitrogens is 2. The third-order valence-corrected chi connectivity index (χ3v) is 5.58. The van der Waals surface area contributed by atoms with E-state index in [0.717, 1.165) is 46.5 Å². The van der Waals surface area contributed by atoms with Gasteiger partial charge in [-0.25, -0.2) is 0 Å². The van der Waals surface area contributed by atoms with E-state index >= 15 is 0 Å². The van der Waals surface area contributed by atoms with Gasteiger partial charge in [0.15, 0.2) is 0 Å². The predicted molar refractivity (Wildman–Crippen MR) is 83.6 cm³/mol. The third kappa shape index (κ3) is 2.70. The number of hydrogen-bond donors (Lipinski definition) is 2. The Balaban J connectivity index is 1.78. The molecular weight excluding hydrogens is 286 g/mol. The first-order valence-corrected chi connectivity index (χ1v) is 8.26. The zero-order chi connectivity index (χ0) is 15.0. The number of carbonyl (C=O) groups excluding carboxylic acids is 1. The molecule has 2 heterocycles. The molecule has 6 heteroatoms. The molecule has 1 aliphatic carbocycles.